The van der Waals surface area contributed by atoms with Gasteiger partial charge in [0.2, 0.25) is 0 Å². The van der Waals surface area contributed by atoms with Gasteiger partial charge in [0.15, 0.2) is 0 Å². The highest BCUT2D eigenvalue weighted by atomic mass is 32.1. The van der Waals surface area contributed by atoms with Crippen LogP contribution in [0.2, 0.25) is 0 Å². The normalized spacial score (nSPS) is 10.4. The van der Waals surface area contributed by atoms with Gasteiger partial charge in [-0.2, -0.15) is 0 Å². The molecule has 20 heavy (non-hydrogen) atoms. The lowest BCUT2D eigenvalue weighted by molar-refractivity contribution is 0.0601. The van der Waals surface area contributed by atoms with Crippen molar-refractivity contribution in [3.63, 3.8) is 0 Å². The van der Waals surface area contributed by atoms with Crippen LogP contribution in [0.5, 0.6) is 0 Å². The van der Waals surface area contributed by atoms with Gasteiger partial charge in [-0.1, -0.05) is 12.1 Å². The summed E-state index contributed by atoms with van der Waals surface area (Å²) in [6.45, 7) is 0. The van der Waals surface area contributed by atoms with Crippen LogP contribution < -0.4 is 0 Å². The van der Waals surface area contributed by atoms with Crippen LogP contribution in [-0.2, 0) is 4.74 Å². The Balaban J connectivity index is 1.95. The van der Waals surface area contributed by atoms with Crippen LogP contribution in [0.4, 0.5) is 0 Å². The first-order chi connectivity index (χ1) is 9.78. The summed E-state index contributed by atoms with van der Waals surface area (Å²) in [7, 11) is 1.37. The molecule has 0 atom stereocenters. The quantitative estimate of drug-likeness (QED) is 0.692. The molecule has 0 amide bonds. The fourth-order valence-electron chi connectivity index (χ4n) is 1.75. The molecule has 0 spiro atoms. The molecule has 0 radical (unpaired) electrons. The first-order valence-electron chi connectivity index (χ1n) is 5.82. The van der Waals surface area contributed by atoms with E-state index < -0.39 is 0 Å². The van der Waals surface area contributed by atoms with Gasteiger partial charge in [-0.05, 0) is 12.1 Å². The van der Waals surface area contributed by atoms with Crippen molar-refractivity contribution >= 4 is 28.6 Å². The van der Waals surface area contributed by atoms with Crippen LogP contribution in [0.15, 0.2) is 41.2 Å². The van der Waals surface area contributed by atoms with Crippen molar-refractivity contribution in [1.82, 2.24) is 9.97 Å². The van der Waals surface area contributed by atoms with Crippen molar-refractivity contribution in [3.8, 4) is 21.3 Å². The van der Waals surface area contributed by atoms with E-state index >= 15 is 0 Å². The first kappa shape index (κ1) is 13.0. The van der Waals surface area contributed by atoms with E-state index in [1.54, 1.807) is 29.7 Å². The lowest BCUT2D eigenvalue weighted by Crippen LogP contribution is -2.00. The van der Waals surface area contributed by atoms with E-state index in [9.17, 15) is 4.79 Å². The number of carbonyl (C=O) groups excluding carboxylic acids is 1. The molecule has 6 heteroatoms. The molecule has 0 N–H and O–H groups in total. The molecule has 0 unspecified atom stereocenters. The zero-order valence-electron chi connectivity index (χ0n) is 10.6. The fraction of sp³-hybridized carbons (Fsp3) is 0.0714. The SMILES string of the molecule is COC(=O)c1cccc(-c2nc(-c3nccs3)cs2)c1. The number of esters is 1. The lowest BCUT2D eigenvalue weighted by Gasteiger charge is -2.01. The van der Waals surface area contributed by atoms with Crippen LogP contribution in [0.25, 0.3) is 21.3 Å². The maximum Gasteiger partial charge on any atom is 0.337 e. The molecule has 100 valence electrons. The van der Waals surface area contributed by atoms with E-state index in [2.05, 4.69) is 9.97 Å². The first-order valence-corrected chi connectivity index (χ1v) is 7.58. The van der Waals surface area contributed by atoms with E-state index in [0.717, 1.165) is 21.3 Å². The molecular weight excluding hydrogens is 292 g/mol. The zero-order valence-corrected chi connectivity index (χ0v) is 12.2. The number of rotatable bonds is 3. The van der Waals surface area contributed by atoms with Crippen molar-refractivity contribution in [2.45, 2.75) is 0 Å². The number of hydrogen-bond donors (Lipinski definition) is 0. The lowest BCUT2D eigenvalue weighted by atomic mass is 10.1. The predicted octanol–water partition coefficient (Wildman–Crippen LogP) is 3.72. The summed E-state index contributed by atoms with van der Waals surface area (Å²) in [5, 5.41) is 5.66. The Bertz CT molecular complexity index is 735. The van der Waals surface area contributed by atoms with Gasteiger partial charge in [-0.15, -0.1) is 22.7 Å². The zero-order chi connectivity index (χ0) is 13.9. The Morgan fingerprint density at radius 2 is 2.15 bits per heavy atom. The molecule has 0 bridgehead atoms. The highest BCUT2D eigenvalue weighted by Crippen LogP contribution is 2.30. The van der Waals surface area contributed by atoms with E-state index in [0.29, 0.717) is 5.56 Å². The van der Waals surface area contributed by atoms with E-state index in [1.807, 2.05) is 22.9 Å². The number of methoxy groups -OCH3 is 1. The van der Waals surface area contributed by atoms with Crippen molar-refractivity contribution in [1.29, 1.82) is 0 Å². The Labute approximate surface area is 123 Å². The van der Waals surface area contributed by atoms with Gasteiger partial charge < -0.3 is 4.74 Å². The molecule has 0 aliphatic rings. The third-order valence-electron chi connectivity index (χ3n) is 2.69. The predicted molar refractivity (Wildman–Crippen MR) is 80.0 cm³/mol. The summed E-state index contributed by atoms with van der Waals surface area (Å²) < 4.78 is 4.73. The molecule has 1 aromatic carbocycles. The fourth-order valence-corrected chi connectivity index (χ4v) is 3.23. The summed E-state index contributed by atoms with van der Waals surface area (Å²) in [4.78, 5) is 20.3. The molecule has 0 fully saturated rings. The Kier molecular flexibility index (Phi) is 3.58. The number of thiazole rings is 2. The van der Waals surface area contributed by atoms with Gasteiger partial charge in [0.05, 0.1) is 12.7 Å². The summed E-state index contributed by atoms with van der Waals surface area (Å²) in [6, 6.07) is 7.27. The summed E-state index contributed by atoms with van der Waals surface area (Å²) in [5.74, 6) is -0.344. The van der Waals surface area contributed by atoms with Gasteiger partial charge >= 0.3 is 5.97 Å². The van der Waals surface area contributed by atoms with Crippen LogP contribution in [-0.4, -0.2) is 23.0 Å². The van der Waals surface area contributed by atoms with Crippen molar-refractivity contribution in [2.75, 3.05) is 7.11 Å². The molecule has 3 aromatic rings. The summed E-state index contributed by atoms with van der Waals surface area (Å²) >= 11 is 3.09. The molecule has 2 heterocycles. The van der Waals surface area contributed by atoms with Crippen LogP contribution in [0, 0.1) is 0 Å². The van der Waals surface area contributed by atoms with Crippen molar-refractivity contribution in [2.24, 2.45) is 0 Å². The monoisotopic (exact) mass is 302 g/mol. The number of aromatic nitrogens is 2. The van der Waals surface area contributed by atoms with Crippen LogP contribution >= 0.6 is 22.7 Å². The smallest absolute Gasteiger partial charge is 0.337 e. The average Bonchev–Trinajstić information content (AvgIpc) is 3.17. The minimum absolute atomic E-state index is 0.344. The highest BCUT2D eigenvalue weighted by Gasteiger charge is 2.11. The number of carbonyl (C=O) groups is 1. The van der Waals surface area contributed by atoms with E-state index in [4.69, 9.17) is 4.74 Å². The third kappa shape index (κ3) is 2.48. The van der Waals surface area contributed by atoms with Crippen LogP contribution in [0.1, 0.15) is 10.4 Å². The number of ether oxygens (including phenoxy) is 1. The molecule has 0 aliphatic heterocycles. The maximum absolute atomic E-state index is 11.5. The van der Waals surface area contributed by atoms with E-state index in [1.165, 1.54) is 18.4 Å². The maximum atomic E-state index is 11.5. The second-order valence-corrected chi connectivity index (χ2v) is 5.70. The Hall–Kier alpha value is -2.05. The average molecular weight is 302 g/mol. The summed E-state index contributed by atoms with van der Waals surface area (Å²) in [5.41, 5.74) is 2.29. The number of nitrogens with zero attached hydrogens (tertiary/aromatic N) is 2. The van der Waals surface area contributed by atoms with Crippen LogP contribution in [0.3, 0.4) is 0 Å². The number of hydrogen-bond acceptors (Lipinski definition) is 6. The molecule has 2 aromatic heterocycles. The molecule has 0 aliphatic carbocycles. The van der Waals surface area contributed by atoms with E-state index in [-0.39, 0.29) is 5.97 Å². The molecule has 4 nitrogen and oxygen atoms in total. The van der Waals surface area contributed by atoms with Gasteiger partial charge in [-0.25, -0.2) is 14.8 Å². The standard InChI is InChI=1S/C14H10N2O2S2/c1-18-14(17)10-4-2-3-9(7-10)12-16-11(8-20-12)13-15-5-6-19-13/h2-8H,1H3. The minimum atomic E-state index is -0.344. The minimum Gasteiger partial charge on any atom is -0.465 e. The van der Waals surface area contributed by atoms with Gasteiger partial charge in [0.25, 0.3) is 0 Å². The Morgan fingerprint density at radius 3 is 2.90 bits per heavy atom. The third-order valence-corrected chi connectivity index (χ3v) is 4.37. The second kappa shape index (κ2) is 5.52. The van der Waals surface area contributed by atoms with Crippen molar-refractivity contribution in [3.05, 3.63) is 46.8 Å². The molecule has 0 saturated carbocycles. The largest absolute Gasteiger partial charge is 0.465 e. The molecule has 0 saturated heterocycles. The van der Waals surface area contributed by atoms with Crippen molar-refractivity contribution < 1.29 is 9.53 Å². The van der Waals surface area contributed by atoms with Gasteiger partial charge in [0.1, 0.15) is 15.7 Å². The van der Waals surface area contributed by atoms with Gasteiger partial charge in [0, 0.05) is 22.5 Å². The van der Waals surface area contributed by atoms with Gasteiger partial charge in [-0.3, -0.25) is 0 Å². The second-order valence-electron chi connectivity index (χ2n) is 3.95. The molecular formula is C14H10N2O2S2. The highest BCUT2D eigenvalue weighted by molar-refractivity contribution is 7.15. The molecule has 3 rings (SSSR count). The Morgan fingerprint density at radius 1 is 1.25 bits per heavy atom. The summed E-state index contributed by atoms with van der Waals surface area (Å²) in [6.07, 6.45) is 1.76. The topological polar surface area (TPSA) is 52.1 Å². The number of benzene rings is 1.